The number of halogens is 1. The van der Waals surface area contributed by atoms with Crippen molar-refractivity contribution in [1.82, 2.24) is 9.80 Å². The number of likely N-dealkylation sites (tertiary alicyclic amines) is 2. The van der Waals surface area contributed by atoms with Crippen LogP contribution in [-0.4, -0.2) is 55.0 Å². The molecule has 0 aromatic heterocycles. The fourth-order valence-electron chi connectivity index (χ4n) is 3.37. The van der Waals surface area contributed by atoms with Crippen LogP contribution >= 0.6 is 12.4 Å². The van der Waals surface area contributed by atoms with E-state index < -0.39 is 0 Å². The van der Waals surface area contributed by atoms with E-state index >= 15 is 0 Å². The molecule has 0 aliphatic carbocycles. The summed E-state index contributed by atoms with van der Waals surface area (Å²) in [6.07, 6.45) is 3.75. The Bertz CT molecular complexity index is 316. The SMILES string of the molecule is CC(C)[C@H](N)C(=O)N1CCC(C2CCN(C)CC2)C1.Cl. The fourth-order valence-corrected chi connectivity index (χ4v) is 3.37. The molecule has 0 spiro atoms. The van der Waals surface area contributed by atoms with Crippen LogP contribution in [0.2, 0.25) is 0 Å². The van der Waals surface area contributed by atoms with Gasteiger partial charge in [-0.2, -0.15) is 0 Å². The van der Waals surface area contributed by atoms with Crippen molar-refractivity contribution < 1.29 is 4.79 Å². The lowest BCUT2D eigenvalue weighted by molar-refractivity contribution is -0.132. The van der Waals surface area contributed by atoms with E-state index in [4.69, 9.17) is 5.73 Å². The molecule has 1 unspecified atom stereocenters. The molecule has 2 fully saturated rings. The Labute approximate surface area is 129 Å². The van der Waals surface area contributed by atoms with Gasteiger partial charge < -0.3 is 15.5 Å². The minimum Gasteiger partial charge on any atom is -0.341 e. The summed E-state index contributed by atoms with van der Waals surface area (Å²) in [5, 5.41) is 0. The Hall–Kier alpha value is -0.320. The second kappa shape index (κ2) is 7.62. The van der Waals surface area contributed by atoms with Crippen molar-refractivity contribution >= 4 is 18.3 Å². The Balaban J connectivity index is 0.00000200. The van der Waals surface area contributed by atoms with Crippen molar-refractivity contribution in [2.24, 2.45) is 23.5 Å². The summed E-state index contributed by atoms with van der Waals surface area (Å²) in [6, 6.07) is -0.323. The first-order valence-corrected chi connectivity index (χ1v) is 7.72. The Morgan fingerprint density at radius 3 is 2.20 bits per heavy atom. The van der Waals surface area contributed by atoms with E-state index in [0.717, 1.165) is 19.0 Å². The van der Waals surface area contributed by atoms with Crippen molar-refractivity contribution in [1.29, 1.82) is 0 Å². The maximum absolute atomic E-state index is 12.3. The third kappa shape index (κ3) is 4.09. The molecule has 5 heteroatoms. The van der Waals surface area contributed by atoms with E-state index in [1.54, 1.807) is 0 Å². The van der Waals surface area contributed by atoms with Gasteiger partial charge in [0.25, 0.3) is 0 Å². The second-order valence-corrected chi connectivity index (χ2v) is 6.74. The van der Waals surface area contributed by atoms with Gasteiger partial charge in [-0.25, -0.2) is 0 Å². The molecule has 20 heavy (non-hydrogen) atoms. The summed E-state index contributed by atoms with van der Waals surface area (Å²) in [5.74, 6) is 1.90. The lowest BCUT2D eigenvalue weighted by Gasteiger charge is -2.32. The normalized spacial score (nSPS) is 26.6. The molecular weight excluding hydrogens is 274 g/mol. The van der Waals surface area contributed by atoms with Gasteiger partial charge >= 0.3 is 0 Å². The van der Waals surface area contributed by atoms with Crippen LogP contribution in [-0.2, 0) is 4.79 Å². The number of nitrogens with two attached hydrogens (primary N) is 1. The largest absolute Gasteiger partial charge is 0.341 e. The van der Waals surface area contributed by atoms with Crippen molar-refractivity contribution in [3.8, 4) is 0 Å². The molecule has 0 radical (unpaired) electrons. The molecule has 0 aromatic rings. The summed E-state index contributed by atoms with van der Waals surface area (Å²) < 4.78 is 0. The van der Waals surface area contributed by atoms with Gasteiger partial charge in [-0.05, 0) is 57.2 Å². The number of carbonyl (C=O) groups excluding carboxylic acids is 1. The van der Waals surface area contributed by atoms with Crippen LogP contribution in [0.1, 0.15) is 33.1 Å². The predicted octanol–water partition coefficient (Wildman–Crippen LogP) is 1.58. The monoisotopic (exact) mass is 303 g/mol. The summed E-state index contributed by atoms with van der Waals surface area (Å²) in [7, 11) is 2.20. The number of nitrogens with zero attached hydrogens (tertiary/aromatic N) is 2. The highest BCUT2D eigenvalue weighted by molar-refractivity contribution is 5.85. The van der Waals surface area contributed by atoms with Crippen LogP contribution in [0.25, 0.3) is 0 Å². The first kappa shape index (κ1) is 17.7. The molecule has 2 atom stereocenters. The highest BCUT2D eigenvalue weighted by Gasteiger charge is 2.35. The third-order valence-electron chi connectivity index (χ3n) is 4.97. The summed E-state index contributed by atoms with van der Waals surface area (Å²) in [5.41, 5.74) is 5.98. The molecular formula is C15H30ClN3O. The zero-order valence-electron chi connectivity index (χ0n) is 13.0. The van der Waals surface area contributed by atoms with Crippen LogP contribution < -0.4 is 5.73 Å². The van der Waals surface area contributed by atoms with Crippen LogP contribution in [0, 0.1) is 17.8 Å². The molecule has 2 rings (SSSR count). The minimum absolute atomic E-state index is 0. The fraction of sp³-hybridized carbons (Fsp3) is 0.933. The maximum atomic E-state index is 12.3. The van der Waals surface area contributed by atoms with Gasteiger partial charge in [0, 0.05) is 13.1 Å². The topological polar surface area (TPSA) is 49.6 Å². The Morgan fingerprint density at radius 2 is 1.65 bits per heavy atom. The van der Waals surface area contributed by atoms with Gasteiger partial charge in [0.1, 0.15) is 0 Å². The number of piperidine rings is 1. The molecule has 2 saturated heterocycles. The van der Waals surface area contributed by atoms with Gasteiger partial charge in [-0.3, -0.25) is 4.79 Å². The van der Waals surface area contributed by atoms with Crippen molar-refractivity contribution in [2.45, 2.75) is 39.2 Å². The van der Waals surface area contributed by atoms with Crippen LogP contribution in [0.5, 0.6) is 0 Å². The van der Waals surface area contributed by atoms with E-state index in [1.165, 1.54) is 32.4 Å². The minimum atomic E-state index is -0.323. The lowest BCUT2D eigenvalue weighted by Crippen LogP contribution is -2.46. The zero-order chi connectivity index (χ0) is 14.0. The summed E-state index contributed by atoms with van der Waals surface area (Å²) >= 11 is 0. The molecule has 118 valence electrons. The highest BCUT2D eigenvalue weighted by atomic mass is 35.5. The predicted molar refractivity (Wildman–Crippen MR) is 85.0 cm³/mol. The van der Waals surface area contributed by atoms with Crippen molar-refractivity contribution in [3.05, 3.63) is 0 Å². The third-order valence-corrected chi connectivity index (χ3v) is 4.97. The van der Waals surface area contributed by atoms with Gasteiger partial charge in [0.05, 0.1) is 6.04 Å². The van der Waals surface area contributed by atoms with Crippen LogP contribution in [0.4, 0.5) is 0 Å². The second-order valence-electron chi connectivity index (χ2n) is 6.74. The molecule has 1 amide bonds. The van der Waals surface area contributed by atoms with Crippen LogP contribution in [0.3, 0.4) is 0 Å². The van der Waals surface area contributed by atoms with E-state index in [1.807, 2.05) is 18.7 Å². The van der Waals surface area contributed by atoms with Gasteiger partial charge in [0.15, 0.2) is 0 Å². The molecule has 0 aromatic carbocycles. The Morgan fingerprint density at radius 1 is 1.10 bits per heavy atom. The number of hydrogen-bond acceptors (Lipinski definition) is 3. The molecule has 2 heterocycles. The first-order valence-electron chi connectivity index (χ1n) is 7.72. The van der Waals surface area contributed by atoms with Gasteiger partial charge in [-0.1, -0.05) is 13.8 Å². The van der Waals surface area contributed by atoms with E-state index in [2.05, 4.69) is 11.9 Å². The van der Waals surface area contributed by atoms with E-state index in [0.29, 0.717) is 5.92 Å². The standard InChI is InChI=1S/C15H29N3O.ClH/c1-11(2)14(16)15(19)18-9-6-13(10-18)12-4-7-17(3)8-5-12;/h11-14H,4-10,16H2,1-3H3;1H/t13?,14-;/m0./s1. The van der Waals surface area contributed by atoms with Crippen molar-refractivity contribution in [3.63, 3.8) is 0 Å². The number of carbonyl (C=O) groups is 1. The average molecular weight is 304 g/mol. The zero-order valence-corrected chi connectivity index (χ0v) is 13.9. The average Bonchev–Trinajstić information content (AvgIpc) is 2.87. The smallest absolute Gasteiger partial charge is 0.239 e. The molecule has 2 aliphatic heterocycles. The lowest BCUT2D eigenvalue weighted by atomic mass is 9.84. The summed E-state index contributed by atoms with van der Waals surface area (Å²) in [4.78, 5) is 16.7. The summed E-state index contributed by atoms with van der Waals surface area (Å²) in [6.45, 7) is 8.31. The molecule has 4 nitrogen and oxygen atoms in total. The molecule has 0 saturated carbocycles. The van der Waals surface area contributed by atoms with Crippen LogP contribution in [0.15, 0.2) is 0 Å². The highest BCUT2D eigenvalue weighted by Crippen LogP contribution is 2.31. The number of hydrogen-bond donors (Lipinski definition) is 1. The molecule has 0 bridgehead atoms. The van der Waals surface area contributed by atoms with Gasteiger partial charge in [-0.15, -0.1) is 12.4 Å². The molecule has 2 N–H and O–H groups in total. The number of amides is 1. The maximum Gasteiger partial charge on any atom is 0.239 e. The Kier molecular flexibility index (Phi) is 6.76. The van der Waals surface area contributed by atoms with E-state index in [9.17, 15) is 4.79 Å². The number of rotatable bonds is 3. The van der Waals surface area contributed by atoms with Gasteiger partial charge in [0.2, 0.25) is 5.91 Å². The quantitative estimate of drug-likeness (QED) is 0.861. The molecule has 2 aliphatic rings. The van der Waals surface area contributed by atoms with E-state index in [-0.39, 0.29) is 30.3 Å². The van der Waals surface area contributed by atoms with Crippen molar-refractivity contribution in [2.75, 3.05) is 33.2 Å². The first-order chi connectivity index (χ1) is 8.99.